The third kappa shape index (κ3) is 5.28. The van der Waals surface area contributed by atoms with E-state index in [1.54, 1.807) is 0 Å². The van der Waals surface area contributed by atoms with E-state index in [0.717, 1.165) is 25.4 Å². The van der Waals surface area contributed by atoms with Gasteiger partial charge in [0.05, 0.1) is 0 Å². The zero-order valence-corrected chi connectivity index (χ0v) is 10.5. The van der Waals surface area contributed by atoms with Gasteiger partial charge in [0.15, 0.2) is 0 Å². The van der Waals surface area contributed by atoms with Gasteiger partial charge in [-0.2, -0.15) is 0 Å². The fourth-order valence-electron chi connectivity index (χ4n) is 2.65. The second-order valence-corrected chi connectivity index (χ2v) is 4.90. The fraction of sp³-hybridized carbons (Fsp3) is 1.00. The lowest BCUT2D eigenvalue weighted by molar-refractivity contribution is 0.139. The van der Waals surface area contributed by atoms with Gasteiger partial charge in [0, 0.05) is 12.6 Å². The minimum Gasteiger partial charge on any atom is -0.396 e. The van der Waals surface area contributed by atoms with Crippen LogP contribution in [0, 0.1) is 0 Å². The van der Waals surface area contributed by atoms with Gasteiger partial charge in [-0.15, -0.1) is 0 Å². The van der Waals surface area contributed by atoms with Crippen molar-refractivity contribution in [1.29, 1.82) is 0 Å². The molecule has 1 unspecified atom stereocenters. The summed E-state index contributed by atoms with van der Waals surface area (Å²) in [6.07, 6.45) is 9.92. The number of nitrogens with zero attached hydrogens (tertiary/aromatic N) is 1. The maximum absolute atomic E-state index is 8.70. The second kappa shape index (κ2) is 8.97. The molecule has 1 heterocycles. The Morgan fingerprint density at radius 2 is 1.94 bits per heavy atom. The van der Waals surface area contributed by atoms with E-state index in [2.05, 4.69) is 4.90 Å². The third-order valence-corrected chi connectivity index (χ3v) is 3.60. The van der Waals surface area contributed by atoms with E-state index in [-0.39, 0.29) is 0 Å². The third-order valence-electron chi connectivity index (χ3n) is 3.60. The molecule has 1 atom stereocenters. The SMILES string of the molecule is NCCC1CCCCN1CCCCCCO. The van der Waals surface area contributed by atoms with Gasteiger partial charge in [-0.1, -0.05) is 19.3 Å². The number of likely N-dealkylation sites (tertiary alicyclic amines) is 1. The van der Waals surface area contributed by atoms with Crippen LogP contribution in [0.1, 0.15) is 51.4 Å². The molecule has 0 saturated carbocycles. The lowest BCUT2D eigenvalue weighted by Gasteiger charge is -2.35. The molecule has 1 fully saturated rings. The molecule has 0 radical (unpaired) electrons. The number of hydrogen-bond donors (Lipinski definition) is 2. The minimum atomic E-state index is 0.347. The summed E-state index contributed by atoms with van der Waals surface area (Å²) in [6.45, 7) is 3.67. The monoisotopic (exact) mass is 228 g/mol. The Bertz CT molecular complexity index is 162. The average molecular weight is 228 g/mol. The molecule has 0 spiro atoms. The number of aliphatic hydroxyl groups excluding tert-OH is 1. The van der Waals surface area contributed by atoms with E-state index in [9.17, 15) is 0 Å². The van der Waals surface area contributed by atoms with Crippen LogP contribution in [0.4, 0.5) is 0 Å². The van der Waals surface area contributed by atoms with Crippen molar-refractivity contribution < 1.29 is 5.11 Å². The molecule has 1 aliphatic heterocycles. The number of piperidine rings is 1. The first-order valence-corrected chi connectivity index (χ1v) is 6.93. The molecule has 0 amide bonds. The van der Waals surface area contributed by atoms with Gasteiger partial charge in [0.2, 0.25) is 0 Å². The summed E-state index contributed by atoms with van der Waals surface area (Å²) in [5.74, 6) is 0. The highest BCUT2D eigenvalue weighted by Gasteiger charge is 2.20. The minimum absolute atomic E-state index is 0.347. The first-order chi connectivity index (χ1) is 7.88. The molecule has 1 saturated heterocycles. The van der Waals surface area contributed by atoms with Crippen LogP contribution in [0.5, 0.6) is 0 Å². The smallest absolute Gasteiger partial charge is 0.0431 e. The van der Waals surface area contributed by atoms with Crippen LogP contribution in [0.2, 0.25) is 0 Å². The second-order valence-electron chi connectivity index (χ2n) is 4.90. The molecule has 3 N–H and O–H groups in total. The predicted octanol–water partition coefficient (Wildman–Crippen LogP) is 1.74. The van der Waals surface area contributed by atoms with Crippen molar-refractivity contribution in [2.75, 3.05) is 26.2 Å². The van der Waals surface area contributed by atoms with E-state index in [0.29, 0.717) is 6.61 Å². The molecule has 3 nitrogen and oxygen atoms in total. The maximum atomic E-state index is 8.70. The molecule has 0 aromatic rings. The summed E-state index contributed by atoms with van der Waals surface area (Å²) >= 11 is 0. The van der Waals surface area contributed by atoms with Crippen LogP contribution in [-0.4, -0.2) is 42.3 Å². The summed E-state index contributed by atoms with van der Waals surface area (Å²) < 4.78 is 0. The first-order valence-electron chi connectivity index (χ1n) is 6.93. The highest BCUT2D eigenvalue weighted by Crippen LogP contribution is 2.19. The van der Waals surface area contributed by atoms with Crippen molar-refractivity contribution in [3.63, 3.8) is 0 Å². The average Bonchev–Trinajstić information content (AvgIpc) is 2.31. The number of unbranched alkanes of at least 4 members (excludes halogenated alkanes) is 3. The molecule has 0 aromatic carbocycles. The lowest BCUT2D eigenvalue weighted by Crippen LogP contribution is -2.41. The van der Waals surface area contributed by atoms with Crippen LogP contribution in [0.25, 0.3) is 0 Å². The van der Waals surface area contributed by atoms with Crippen molar-refractivity contribution in [2.24, 2.45) is 5.73 Å². The number of aliphatic hydroxyl groups is 1. The van der Waals surface area contributed by atoms with E-state index >= 15 is 0 Å². The van der Waals surface area contributed by atoms with Gasteiger partial charge >= 0.3 is 0 Å². The quantitative estimate of drug-likeness (QED) is 0.622. The molecular weight excluding hydrogens is 200 g/mol. The van der Waals surface area contributed by atoms with E-state index in [1.807, 2.05) is 0 Å². The summed E-state index contributed by atoms with van der Waals surface area (Å²) in [4.78, 5) is 2.63. The van der Waals surface area contributed by atoms with Gasteiger partial charge in [-0.25, -0.2) is 0 Å². The standard InChI is InChI=1S/C13H28N2O/c14-9-8-13-7-3-5-11-15(13)10-4-1-2-6-12-16/h13,16H,1-12,14H2. The Morgan fingerprint density at radius 3 is 2.69 bits per heavy atom. The van der Waals surface area contributed by atoms with E-state index in [1.165, 1.54) is 51.6 Å². The summed E-state index contributed by atoms with van der Waals surface area (Å²) in [5, 5.41) is 8.70. The largest absolute Gasteiger partial charge is 0.396 e. The Labute approximate surface area is 100 Å². The Hall–Kier alpha value is -0.120. The topological polar surface area (TPSA) is 49.5 Å². The zero-order chi connectivity index (χ0) is 11.6. The Balaban J connectivity index is 2.11. The fourth-order valence-corrected chi connectivity index (χ4v) is 2.65. The van der Waals surface area contributed by atoms with Crippen LogP contribution in [-0.2, 0) is 0 Å². The zero-order valence-electron chi connectivity index (χ0n) is 10.5. The lowest BCUT2D eigenvalue weighted by atomic mass is 9.99. The molecule has 3 heteroatoms. The van der Waals surface area contributed by atoms with Gasteiger partial charge in [-0.05, 0) is 51.7 Å². The first kappa shape index (κ1) is 13.9. The molecule has 0 bridgehead atoms. The highest BCUT2D eigenvalue weighted by atomic mass is 16.2. The van der Waals surface area contributed by atoms with Crippen LogP contribution in [0.15, 0.2) is 0 Å². The highest BCUT2D eigenvalue weighted by molar-refractivity contribution is 4.76. The number of nitrogens with two attached hydrogens (primary N) is 1. The van der Waals surface area contributed by atoms with Crippen LogP contribution < -0.4 is 5.73 Å². The number of rotatable bonds is 8. The van der Waals surface area contributed by atoms with Crippen LogP contribution in [0.3, 0.4) is 0 Å². The molecule has 0 aromatic heterocycles. The van der Waals surface area contributed by atoms with Gasteiger partial charge in [-0.3, -0.25) is 0 Å². The van der Waals surface area contributed by atoms with Crippen molar-refractivity contribution in [3.05, 3.63) is 0 Å². The predicted molar refractivity (Wildman–Crippen MR) is 68.4 cm³/mol. The van der Waals surface area contributed by atoms with Crippen molar-refractivity contribution in [1.82, 2.24) is 4.90 Å². The molecule has 16 heavy (non-hydrogen) atoms. The van der Waals surface area contributed by atoms with Gasteiger partial charge < -0.3 is 15.7 Å². The number of hydrogen-bond acceptors (Lipinski definition) is 3. The normalized spacial score (nSPS) is 22.5. The maximum Gasteiger partial charge on any atom is 0.0431 e. The molecular formula is C13H28N2O. The van der Waals surface area contributed by atoms with Crippen molar-refractivity contribution in [3.8, 4) is 0 Å². The van der Waals surface area contributed by atoms with Crippen molar-refractivity contribution >= 4 is 0 Å². The molecule has 1 rings (SSSR count). The molecule has 1 aliphatic rings. The summed E-state index contributed by atoms with van der Waals surface area (Å²) in [5.41, 5.74) is 5.66. The van der Waals surface area contributed by atoms with E-state index in [4.69, 9.17) is 10.8 Å². The Morgan fingerprint density at radius 1 is 1.12 bits per heavy atom. The van der Waals surface area contributed by atoms with Crippen LogP contribution >= 0.6 is 0 Å². The van der Waals surface area contributed by atoms with Crippen molar-refractivity contribution in [2.45, 2.75) is 57.4 Å². The van der Waals surface area contributed by atoms with Gasteiger partial charge in [0.1, 0.15) is 0 Å². The van der Waals surface area contributed by atoms with E-state index < -0.39 is 0 Å². The summed E-state index contributed by atoms with van der Waals surface area (Å²) in [6, 6.07) is 0.747. The molecule has 0 aliphatic carbocycles. The Kier molecular flexibility index (Phi) is 7.81. The summed E-state index contributed by atoms with van der Waals surface area (Å²) in [7, 11) is 0. The molecule has 96 valence electrons. The van der Waals surface area contributed by atoms with Gasteiger partial charge in [0.25, 0.3) is 0 Å².